The molecule has 0 saturated heterocycles. The first-order valence-electron chi connectivity index (χ1n) is 5.60. The van der Waals surface area contributed by atoms with Gasteiger partial charge in [-0.2, -0.15) is 5.26 Å². The lowest BCUT2D eigenvalue weighted by Crippen LogP contribution is -2.40. The van der Waals surface area contributed by atoms with Crippen LogP contribution in [0.4, 0.5) is 5.69 Å². The summed E-state index contributed by atoms with van der Waals surface area (Å²) in [7, 11) is 0. The van der Waals surface area contributed by atoms with E-state index in [1.54, 1.807) is 25.1 Å². The summed E-state index contributed by atoms with van der Waals surface area (Å²) < 4.78 is 0. The topological polar surface area (TPSA) is 64.9 Å². The molecular weight excluding hydrogens is 214 g/mol. The second kappa shape index (κ2) is 5.90. The molecule has 1 aromatic rings. The van der Waals surface area contributed by atoms with Crippen molar-refractivity contribution in [3.8, 4) is 6.07 Å². The van der Waals surface area contributed by atoms with Crippen LogP contribution in [-0.4, -0.2) is 18.0 Å². The average molecular weight is 231 g/mol. The minimum absolute atomic E-state index is 0.0534. The zero-order valence-corrected chi connectivity index (χ0v) is 10.3. The van der Waals surface area contributed by atoms with E-state index in [9.17, 15) is 4.79 Å². The second-order valence-corrected chi connectivity index (χ2v) is 4.22. The summed E-state index contributed by atoms with van der Waals surface area (Å²) in [4.78, 5) is 11.7. The molecule has 4 nitrogen and oxygen atoms in total. The van der Waals surface area contributed by atoms with Gasteiger partial charge in [-0.1, -0.05) is 6.07 Å². The largest absolute Gasteiger partial charge is 0.374 e. The van der Waals surface area contributed by atoms with Gasteiger partial charge in [0.2, 0.25) is 5.91 Å². The number of nitriles is 1. The normalized spacial score (nSPS) is 11.7. The van der Waals surface area contributed by atoms with Crippen molar-refractivity contribution in [3.63, 3.8) is 0 Å². The van der Waals surface area contributed by atoms with Gasteiger partial charge in [0, 0.05) is 11.7 Å². The number of rotatable bonds is 4. The van der Waals surface area contributed by atoms with Gasteiger partial charge in [-0.25, -0.2) is 0 Å². The standard InChI is InChI=1S/C13H17N3O/c1-9(2)15-13(17)10(3)16-12-6-4-5-11(7-12)8-14/h4-7,9-10,16H,1-3H3,(H,15,17). The first-order chi connectivity index (χ1) is 8.02. The Kier molecular flexibility index (Phi) is 4.53. The molecule has 0 radical (unpaired) electrons. The highest BCUT2D eigenvalue weighted by atomic mass is 16.2. The smallest absolute Gasteiger partial charge is 0.242 e. The molecule has 0 aliphatic heterocycles. The Morgan fingerprint density at radius 3 is 2.65 bits per heavy atom. The highest BCUT2D eigenvalue weighted by molar-refractivity contribution is 5.84. The van der Waals surface area contributed by atoms with Crippen molar-refractivity contribution in [1.82, 2.24) is 5.32 Å². The molecule has 1 atom stereocenters. The molecule has 0 aliphatic carbocycles. The zero-order chi connectivity index (χ0) is 12.8. The molecule has 1 rings (SSSR count). The molecule has 0 spiro atoms. The summed E-state index contributed by atoms with van der Waals surface area (Å²) in [5, 5.41) is 14.7. The van der Waals surface area contributed by atoms with Gasteiger partial charge in [0.15, 0.2) is 0 Å². The molecule has 4 heteroatoms. The Bertz CT molecular complexity index is 435. The van der Waals surface area contributed by atoms with Crippen molar-refractivity contribution in [2.75, 3.05) is 5.32 Å². The summed E-state index contributed by atoms with van der Waals surface area (Å²) in [5.41, 5.74) is 1.35. The molecule has 2 N–H and O–H groups in total. The van der Waals surface area contributed by atoms with E-state index >= 15 is 0 Å². The minimum atomic E-state index is -0.327. The minimum Gasteiger partial charge on any atom is -0.374 e. The second-order valence-electron chi connectivity index (χ2n) is 4.22. The molecule has 0 aliphatic rings. The molecule has 17 heavy (non-hydrogen) atoms. The molecule has 0 saturated carbocycles. The van der Waals surface area contributed by atoms with Crippen LogP contribution in [0.15, 0.2) is 24.3 Å². The fraction of sp³-hybridized carbons (Fsp3) is 0.385. The van der Waals surface area contributed by atoms with Crippen molar-refractivity contribution in [2.45, 2.75) is 32.9 Å². The molecule has 0 fully saturated rings. The van der Waals surface area contributed by atoms with Crippen molar-refractivity contribution in [2.24, 2.45) is 0 Å². The number of hydrogen-bond acceptors (Lipinski definition) is 3. The molecule has 1 amide bonds. The van der Waals surface area contributed by atoms with Crippen LogP contribution < -0.4 is 10.6 Å². The predicted molar refractivity (Wildman–Crippen MR) is 67.5 cm³/mol. The van der Waals surface area contributed by atoms with Crippen LogP contribution in [0.25, 0.3) is 0 Å². The number of carbonyl (C=O) groups excluding carboxylic acids is 1. The van der Waals surface area contributed by atoms with E-state index in [-0.39, 0.29) is 18.0 Å². The van der Waals surface area contributed by atoms with E-state index < -0.39 is 0 Å². The number of anilines is 1. The Morgan fingerprint density at radius 1 is 1.35 bits per heavy atom. The van der Waals surface area contributed by atoms with Crippen LogP contribution in [0.5, 0.6) is 0 Å². The molecular formula is C13H17N3O. The van der Waals surface area contributed by atoms with Crippen molar-refractivity contribution in [3.05, 3.63) is 29.8 Å². The average Bonchev–Trinajstić information content (AvgIpc) is 2.28. The van der Waals surface area contributed by atoms with Crippen LogP contribution in [0.1, 0.15) is 26.3 Å². The predicted octanol–water partition coefficient (Wildman–Crippen LogP) is 1.88. The Morgan fingerprint density at radius 2 is 2.06 bits per heavy atom. The number of nitrogens with zero attached hydrogens (tertiary/aromatic N) is 1. The van der Waals surface area contributed by atoms with Crippen molar-refractivity contribution >= 4 is 11.6 Å². The summed E-state index contributed by atoms with van der Waals surface area (Å²) in [5.74, 6) is -0.0534. The lowest BCUT2D eigenvalue weighted by molar-refractivity contribution is -0.122. The van der Waals surface area contributed by atoms with Crippen LogP contribution in [-0.2, 0) is 4.79 Å². The maximum atomic E-state index is 11.7. The van der Waals surface area contributed by atoms with E-state index in [1.807, 2.05) is 19.9 Å². The van der Waals surface area contributed by atoms with E-state index in [2.05, 4.69) is 16.7 Å². The van der Waals surface area contributed by atoms with Gasteiger partial charge in [-0.05, 0) is 39.0 Å². The molecule has 0 aromatic heterocycles. The van der Waals surface area contributed by atoms with Crippen molar-refractivity contribution in [1.29, 1.82) is 5.26 Å². The Balaban J connectivity index is 2.64. The SMILES string of the molecule is CC(C)NC(=O)C(C)Nc1cccc(C#N)c1. The van der Waals surface area contributed by atoms with Crippen LogP contribution >= 0.6 is 0 Å². The first-order valence-corrected chi connectivity index (χ1v) is 5.60. The summed E-state index contributed by atoms with van der Waals surface area (Å²) in [6, 6.07) is 8.92. The fourth-order valence-electron chi connectivity index (χ4n) is 1.40. The third-order valence-electron chi connectivity index (χ3n) is 2.20. The van der Waals surface area contributed by atoms with Gasteiger partial charge in [-0.15, -0.1) is 0 Å². The fourth-order valence-corrected chi connectivity index (χ4v) is 1.40. The van der Waals surface area contributed by atoms with Gasteiger partial charge < -0.3 is 10.6 Å². The number of benzene rings is 1. The van der Waals surface area contributed by atoms with E-state index in [1.165, 1.54) is 0 Å². The lowest BCUT2D eigenvalue weighted by atomic mass is 10.2. The number of amides is 1. The van der Waals surface area contributed by atoms with Crippen molar-refractivity contribution < 1.29 is 4.79 Å². The maximum Gasteiger partial charge on any atom is 0.242 e. The highest BCUT2D eigenvalue weighted by Crippen LogP contribution is 2.11. The van der Waals surface area contributed by atoms with E-state index in [0.29, 0.717) is 5.56 Å². The quantitative estimate of drug-likeness (QED) is 0.831. The van der Waals surface area contributed by atoms with E-state index in [4.69, 9.17) is 5.26 Å². The zero-order valence-electron chi connectivity index (χ0n) is 10.3. The van der Waals surface area contributed by atoms with Gasteiger partial charge in [0.25, 0.3) is 0 Å². The van der Waals surface area contributed by atoms with Crippen LogP contribution in [0.3, 0.4) is 0 Å². The monoisotopic (exact) mass is 231 g/mol. The van der Waals surface area contributed by atoms with Gasteiger partial charge in [0.1, 0.15) is 6.04 Å². The maximum absolute atomic E-state index is 11.7. The highest BCUT2D eigenvalue weighted by Gasteiger charge is 2.13. The van der Waals surface area contributed by atoms with Gasteiger partial charge >= 0.3 is 0 Å². The van der Waals surface area contributed by atoms with Crippen LogP contribution in [0.2, 0.25) is 0 Å². The summed E-state index contributed by atoms with van der Waals surface area (Å²) >= 11 is 0. The molecule has 1 unspecified atom stereocenters. The van der Waals surface area contributed by atoms with Gasteiger partial charge in [0.05, 0.1) is 11.6 Å². The summed E-state index contributed by atoms with van der Waals surface area (Å²) in [6.07, 6.45) is 0. The van der Waals surface area contributed by atoms with Crippen LogP contribution in [0, 0.1) is 11.3 Å². The molecule has 0 bridgehead atoms. The Labute approximate surface area is 102 Å². The molecule has 0 heterocycles. The molecule has 90 valence electrons. The third-order valence-corrected chi connectivity index (χ3v) is 2.20. The van der Waals surface area contributed by atoms with E-state index in [0.717, 1.165) is 5.69 Å². The number of carbonyl (C=O) groups is 1. The summed E-state index contributed by atoms with van der Waals surface area (Å²) in [6.45, 7) is 5.62. The lowest BCUT2D eigenvalue weighted by Gasteiger charge is -2.17. The number of nitrogens with one attached hydrogen (secondary N) is 2. The Hall–Kier alpha value is -2.02. The van der Waals surface area contributed by atoms with Gasteiger partial charge in [-0.3, -0.25) is 4.79 Å². The first kappa shape index (κ1) is 13.0. The number of hydrogen-bond donors (Lipinski definition) is 2. The molecule has 1 aromatic carbocycles. The third kappa shape index (κ3) is 4.15.